The van der Waals surface area contributed by atoms with Gasteiger partial charge in [-0.25, -0.2) is 0 Å². The molecule has 0 aliphatic carbocycles. The molecule has 1 fully saturated rings. The van der Waals surface area contributed by atoms with E-state index < -0.39 is 24.4 Å². The van der Waals surface area contributed by atoms with Gasteiger partial charge < -0.3 is 15.0 Å². The zero-order valence-electron chi connectivity index (χ0n) is 14.6. The highest BCUT2D eigenvalue weighted by Crippen LogP contribution is 2.21. The number of rotatable bonds is 6. The summed E-state index contributed by atoms with van der Waals surface area (Å²) < 4.78 is 5.07. The Kier molecular flexibility index (Phi) is 6.08. The zero-order valence-corrected chi connectivity index (χ0v) is 15.3. The number of nitrogens with zero attached hydrogens (tertiary/aromatic N) is 1. The third kappa shape index (κ3) is 5.31. The maximum atomic E-state index is 12.2. The summed E-state index contributed by atoms with van der Waals surface area (Å²) >= 11 is 5.78. The Morgan fingerprint density at radius 3 is 2.52 bits per heavy atom. The van der Waals surface area contributed by atoms with Crippen molar-refractivity contribution in [2.24, 2.45) is 5.92 Å². The Labute approximate surface area is 162 Å². The minimum atomic E-state index is -0.551. The number of halogens is 1. The first-order valence-corrected chi connectivity index (χ1v) is 8.93. The molecule has 2 amide bonds. The number of ether oxygens (including phenoxy) is 1. The fraction of sp³-hybridized carbons (Fsp3) is 0.250. The van der Waals surface area contributed by atoms with E-state index in [2.05, 4.69) is 5.32 Å². The number of esters is 1. The summed E-state index contributed by atoms with van der Waals surface area (Å²) in [4.78, 5) is 37.8. The SMILES string of the molecule is O=C(COC(=O)[C@H]1CC(=O)N(Cc2ccccc2)C1)Nc1ccc(Cl)cc1. The van der Waals surface area contributed by atoms with Crippen LogP contribution >= 0.6 is 11.6 Å². The van der Waals surface area contributed by atoms with Gasteiger partial charge >= 0.3 is 5.97 Å². The number of nitrogens with one attached hydrogen (secondary N) is 1. The van der Waals surface area contributed by atoms with E-state index in [1.165, 1.54) is 0 Å². The monoisotopic (exact) mass is 386 g/mol. The predicted molar refractivity (Wildman–Crippen MR) is 101 cm³/mol. The molecule has 1 heterocycles. The van der Waals surface area contributed by atoms with Crippen LogP contribution in [0.15, 0.2) is 54.6 Å². The highest BCUT2D eigenvalue weighted by Gasteiger charge is 2.35. The van der Waals surface area contributed by atoms with Crippen molar-refractivity contribution in [3.05, 3.63) is 65.2 Å². The Balaban J connectivity index is 1.46. The second-order valence-corrected chi connectivity index (χ2v) is 6.76. The number of benzene rings is 2. The van der Waals surface area contributed by atoms with Crippen molar-refractivity contribution in [2.45, 2.75) is 13.0 Å². The van der Waals surface area contributed by atoms with Gasteiger partial charge in [0.1, 0.15) is 0 Å². The lowest BCUT2D eigenvalue weighted by Gasteiger charge is -2.16. The topological polar surface area (TPSA) is 75.7 Å². The molecule has 0 radical (unpaired) electrons. The van der Waals surface area contributed by atoms with E-state index in [1.807, 2.05) is 30.3 Å². The van der Waals surface area contributed by atoms with E-state index in [4.69, 9.17) is 16.3 Å². The molecule has 0 aromatic heterocycles. The third-order valence-electron chi connectivity index (χ3n) is 4.24. The largest absolute Gasteiger partial charge is 0.455 e. The van der Waals surface area contributed by atoms with Gasteiger partial charge in [0.05, 0.1) is 5.92 Å². The normalized spacial score (nSPS) is 16.3. The minimum absolute atomic E-state index is 0.0913. The number of carbonyl (C=O) groups is 3. The van der Waals surface area contributed by atoms with Crippen molar-refractivity contribution >= 4 is 35.1 Å². The van der Waals surface area contributed by atoms with E-state index in [-0.39, 0.29) is 12.3 Å². The number of likely N-dealkylation sites (tertiary alicyclic amines) is 1. The molecule has 1 N–H and O–H groups in total. The molecule has 0 bridgehead atoms. The molecule has 2 aromatic carbocycles. The molecule has 6 nitrogen and oxygen atoms in total. The van der Waals surface area contributed by atoms with E-state index in [9.17, 15) is 14.4 Å². The fourth-order valence-corrected chi connectivity index (χ4v) is 3.00. The van der Waals surface area contributed by atoms with Crippen molar-refractivity contribution in [2.75, 3.05) is 18.5 Å². The van der Waals surface area contributed by atoms with Crippen LogP contribution in [0.5, 0.6) is 0 Å². The van der Waals surface area contributed by atoms with Gasteiger partial charge in [-0.1, -0.05) is 41.9 Å². The number of carbonyl (C=O) groups excluding carboxylic acids is 3. The molecular formula is C20H19ClN2O4. The van der Waals surface area contributed by atoms with Crippen LogP contribution in [0.3, 0.4) is 0 Å². The first-order chi connectivity index (χ1) is 13.0. The van der Waals surface area contributed by atoms with E-state index >= 15 is 0 Å². The van der Waals surface area contributed by atoms with E-state index in [1.54, 1.807) is 29.2 Å². The highest BCUT2D eigenvalue weighted by molar-refractivity contribution is 6.30. The Morgan fingerprint density at radius 2 is 1.81 bits per heavy atom. The van der Waals surface area contributed by atoms with Gasteiger partial charge in [-0.3, -0.25) is 14.4 Å². The summed E-state index contributed by atoms with van der Waals surface area (Å²) in [5.74, 6) is -1.63. The number of hydrogen-bond donors (Lipinski definition) is 1. The van der Waals surface area contributed by atoms with Gasteiger partial charge in [0.15, 0.2) is 6.61 Å². The molecule has 0 spiro atoms. The van der Waals surface area contributed by atoms with Crippen molar-refractivity contribution in [1.82, 2.24) is 4.90 Å². The third-order valence-corrected chi connectivity index (χ3v) is 4.49. The number of hydrogen-bond acceptors (Lipinski definition) is 4. The van der Waals surface area contributed by atoms with Crippen molar-refractivity contribution < 1.29 is 19.1 Å². The first-order valence-electron chi connectivity index (χ1n) is 8.55. The van der Waals surface area contributed by atoms with Gasteiger partial charge in [0, 0.05) is 30.2 Å². The van der Waals surface area contributed by atoms with Crippen LogP contribution in [0, 0.1) is 5.92 Å². The average Bonchev–Trinajstić information content (AvgIpc) is 3.03. The molecule has 1 atom stereocenters. The summed E-state index contributed by atoms with van der Waals surface area (Å²) in [6.07, 6.45) is 0.102. The van der Waals surface area contributed by atoms with Crippen LogP contribution in [-0.4, -0.2) is 35.8 Å². The second-order valence-electron chi connectivity index (χ2n) is 6.32. The molecule has 1 saturated heterocycles. The second kappa shape index (κ2) is 8.68. The van der Waals surface area contributed by atoms with Crippen LogP contribution in [0.1, 0.15) is 12.0 Å². The van der Waals surface area contributed by atoms with Gasteiger partial charge in [-0.2, -0.15) is 0 Å². The average molecular weight is 387 g/mol. The summed E-state index contributed by atoms with van der Waals surface area (Å²) in [5.41, 5.74) is 1.56. The zero-order chi connectivity index (χ0) is 19.2. The van der Waals surface area contributed by atoms with Crippen LogP contribution in [0.25, 0.3) is 0 Å². The van der Waals surface area contributed by atoms with Crippen LogP contribution < -0.4 is 5.32 Å². The number of anilines is 1. The molecule has 3 rings (SSSR count). The fourth-order valence-electron chi connectivity index (χ4n) is 2.87. The van der Waals surface area contributed by atoms with Crippen LogP contribution in [0.2, 0.25) is 5.02 Å². The van der Waals surface area contributed by atoms with Gasteiger partial charge in [0.2, 0.25) is 5.91 Å². The summed E-state index contributed by atoms with van der Waals surface area (Å²) in [5, 5.41) is 3.17. The molecular weight excluding hydrogens is 368 g/mol. The molecule has 0 unspecified atom stereocenters. The Hall–Kier alpha value is -2.86. The van der Waals surface area contributed by atoms with Gasteiger partial charge in [-0.05, 0) is 29.8 Å². The lowest BCUT2D eigenvalue weighted by Crippen LogP contribution is -2.28. The Morgan fingerprint density at radius 1 is 1.11 bits per heavy atom. The lowest BCUT2D eigenvalue weighted by atomic mass is 10.1. The van der Waals surface area contributed by atoms with Crippen LogP contribution in [-0.2, 0) is 25.7 Å². The van der Waals surface area contributed by atoms with Crippen molar-refractivity contribution in [3.63, 3.8) is 0 Å². The van der Waals surface area contributed by atoms with Crippen molar-refractivity contribution in [1.29, 1.82) is 0 Å². The predicted octanol–water partition coefficient (Wildman–Crippen LogP) is 2.87. The van der Waals surface area contributed by atoms with Gasteiger partial charge in [0.25, 0.3) is 5.91 Å². The van der Waals surface area contributed by atoms with Crippen molar-refractivity contribution in [3.8, 4) is 0 Å². The quantitative estimate of drug-likeness (QED) is 0.774. The summed E-state index contributed by atoms with van der Waals surface area (Å²) in [7, 11) is 0. The summed E-state index contributed by atoms with van der Waals surface area (Å²) in [6, 6.07) is 16.2. The molecule has 2 aromatic rings. The molecule has 1 aliphatic rings. The highest BCUT2D eigenvalue weighted by atomic mass is 35.5. The molecule has 7 heteroatoms. The molecule has 0 saturated carbocycles. The van der Waals surface area contributed by atoms with E-state index in [0.717, 1.165) is 5.56 Å². The van der Waals surface area contributed by atoms with E-state index in [0.29, 0.717) is 23.8 Å². The molecule has 27 heavy (non-hydrogen) atoms. The number of amides is 2. The van der Waals surface area contributed by atoms with Gasteiger partial charge in [-0.15, -0.1) is 0 Å². The standard InChI is InChI=1S/C20H19ClN2O4/c21-16-6-8-17(9-7-16)22-18(24)13-27-20(26)15-10-19(25)23(12-15)11-14-4-2-1-3-5-14/h1-9,15H,10-13H2,(H,22,24)/t15-/m0/s1. The lowest BCUT2D eigenvalue weighted by molar-refractivity contribution is -0.151. The van der Waals surface area contributed by atoms with Crippen LogP contribution in [0.4, 0.5) is 5.69 Å². The molecule has 140 valence electrons. The minimum Gasteiger partial charge on any atom is -0.455 e. The maximum Gasteiger partial charge on any atom is 0.311 e. The summed E-state index contributed by atoms with van der Waals surface area (Å²) in [6.45, 7) is 0.358. The molecule has 1 aliphatic heterocycles. The first kappa shape index (κ1) is 18.9. The smallest absolute Gasteiger partial charge is 0.311 e. The maximum absolute atomic E-state index is 12.2. The Bertz CT molecular complexity index is 824.